The van der Waals surface area contributed by atoms with Gasteiger partial charge in [0.05, 0.1) is 0 Å². The van der Waals surface area contributed by atoms with Gasteiger partial charge in [0.25, 0.3) is 5.91 Å². The molecule has 0 spiro atoms. The molecular formula is C15H24BrN3O. The summed E-state index contributed by atoms with van der Waals surface area (Å²) in [6.07, 6.45) is 9.57. The van der Waals surface area contributed by atoms with Crippen molar-refractivity contribution in [3.63, 3.8) is 0 Å². The molecule has 0 unspecified atom stereocenters. The van der Waals surface area contributed by atoms with E-state index in [1.807, 2.05) is 0 Å². The van der Waals surface area contributed by atoms with Gasteiger partial charge in [0.1, 0.15) is 5.69 Å². The van der Waals surface area contributed by atoms with Gasteiger partial charge in [-0.25, -0.2) is 0 Å². The van der Waals surface area contributed by atoms with Crippen molar-refractivity contribution in [3.05, 3.63) is 22.4 Å². The summed E-state index contributed by atoms with van der Waals surface area (Å²) >= 11 is 3.33. The molecule has 2 rings (SSSR count). The van der Waals surface area contributed by atoms with Crippen LogP contribution in [0.25, 0.3) is 0 Å². The average Bonchev–Trinajstić information content (AvgIpc) is 2.91. The van der Waals surface area contributed by atoms with Crippen LogP contribution in [-0.4, -0.2) is 42.0 Å². The van der Waals surface area contributed by atoms with Crippen molar-refractivity contribution in [1.29, 1.82) is 0 Å². The summed E-state index contributed by atoms with van der Waals surface area (Å²) in [7, 11) is 2.21. The van der Waals surface area contributed by atoms with Crippen molar-refractivity contribution in [3.8, 4) is 0 Å². The third kappa shape index (κ3) is 4.63. The lowest BCUT2D eigenvalue weighted by Crippen LogP contribution is -2.35. The zero-order valence-corrected chi connectivity index (χ0v) is 13.7. The second kappa shape index (κ2) is 7.84. The Bertz CT molecular complexity index is 427. The monoisotopic (exact) mass is 341 g/mol. The fourth-order valence-corrected chi connectivity index (χ4v) is 3.17. The number of rotatable bonds is 6. The van der Waals surface area contributed by atoms with Gasteiger partial charge in [-0.3, -0.25) is 4.79 Å². The lowest BCUT2D eigenvalue weighted by atomic mass is 9.94. The van der Waals surface area contributed by atoms with Gasteiger partial charge in [-0.1, -0.05) is 19.3 Å². The first-order chi connectivity index (χ1) is 9.66. The highest BCUT2D eigenvalue weighted by Crippen LogP contribution is 2.21. The van der Waals surface area contributed by atoms with Gasteiger partial charge in [0.2, 0.25) is 0 Å². The van der Waals surface area contributed by atoms with Crippen LogP contribution < -0.4 is 5.32 Å². The molecule has 1 amide bonds. The topological polar surface area (TPSA) is 48.1 Å². The molecule has 4 nitrogen and oxygen atoms in total. The van der Waals surface area contributed by atoms with Crippen LogP contribution in [0.4, 0.5) is 0 Å². The Morgan fingerprint density at radius 1 is 1.45 bits per heavy atom. The van der Waals surface area contributed by atoms with E-state index >= 15 is 0 Å². The first kappa shape index (κ1) is 15.6. The van der Waals surface area contributed by atoms with Crippen LogP contribution in [-0.2, 0) is 0 Å². The molecule has 0 saturated heterocycles. The first-order valence-electron chi connectivity index (χ1n) is 7.49. The minimum absolute atomic E-state index is 0.0315. The molecule has 0 aromatic carbocycles. The lowest BCUT2D eigenvalue weighted by Gasteiger charge is -2.31. The molecule has 2 N–H and O–H groups in total. The largest absolute Gasteiger partial charge is 0.356 e. The molecule has 20 heavy (non-hydrogen) atoms. The highest BCUT2D eigenvalue weighted by atomic mass is 79.9. The van der Waals surface area contributed by atoms with E-state index < -0.39 is 0 Å². The van der Waals surface area contributed by atoms with Gasteiger partial charge in [-0.2, -0.15) is 0 Å². The molecule has 1 aliphatic carbocycles. The number of H-pyrrole nitrogens is 1. The molecule has 1 heterocycles. The molecule has 5 heteroatoms. The first-order valence-corrected chi connectivity index (χ1v) is 8.28. The molecule has 1 aromatic heterocycles. The minimum Gasteiger partial charge on any atom is -0.356 e. The molecule has 0 bridgehead atoms. The summed E-state index contributed by atoms with van der Waals surface area (Å²) in [5, 5.41) is 2.95. The number of nitrogens with zero attached hydrogens (tertiary/aromatic N) is 1. The van der Waals surface area contributed by atoms with Crippen molar-refractivity contribution in [2.75, 3.05) is 20.1 Å². The summed E-state index contributed by atoms with van der Waals surface area (Å²) in [5.41, 5.74) is 0.609. The predicted molar refractivity (Wildman–Crippen MR) is 84.9 cm³/mol. The number of hydrogen-bond donors (Lipinski definition) is 2. The molecule has 0 radical (unpaired) electrons. The lowest BCUT2D eigenvalue weighted by molar-refractivity contribution is 0.0946. The van der Waals surface area contributed by atoms with Crippen molar-refractivity contribution in [2.45, 2.75) is 44.6 Å². The highest BCUT2D eigenvalue weighted by Gasteiger charge is 2.17. The van der Waals surface area contributed by atoms with Crippen molar-refractivity contribution in [1.82, 2.24) is 15.2 Å². The van der Waals surface area contributed by atoms with E-state index in [9.17, 15) is 4.79 Å². The Balaban J connectivity index is 1.62. The molecule has 1 saturated carbocycles. The third-order valence-electron chi connectivity index (χ3n) is 4.06. The Morgan fingerprint density at radius 2 is 2.20 bits per heavy atom. The maximum atomic E-state index is 11.8. The summed E-state index contributed by atoms with van der Waals surface area (Å²) in [5.74, 6) is -0.0315. The van der Waals surface area contributed by atoms with Gasteiger partial charge >= 0.3 is 0 Å². The van der Waals surface area contributed by atoms with Crippen LogP contribution in [0.3, 0.4) is 0 Å². The van der Waals surface area contributed by atoms with E-state index in [0.29, 0.717) is 5.69 Å². The number of aromatic nitrogens is 1. The zero-order valence-electron chi connectivity index (χ0n) is 12.1. The van der Waals surface area contributed by atoms with Crippen molar-refractivity contribution < 1.29 is 4.79 Å². The maximum absolute atomic E-state index is 11.8. The van der Waals surface area contributed by atoms with E-state index in [1.54, 1.807) is 12.3 Å². The van der Waals surface area contributed by atoms with Crippen LogP contribution in [0, 0.1) is 0 Å². The van der Waals surface area contributed by atoms with E-state index in [-0.39, 0.29) is 5.91 Å². The molecule has 1 aliphatic rings. The van der Waals surface area contributed by atoms with Crippen molar-refractivity contribution in [2.24, 2.45) is 0 Å². The molecule has 0 aliphatic heterocycles. The second-order valence-electron chi connectivity index (χ2n) is 5.61. The quantitative estimate of drug-likeness (QED) is 0.780. The SMILES string of the molecule is CN(CCCNC(=O)c1cc(Br)c[nH]1)C1CCCCC1. The third-order valence-corrected chi connectivity index (χ3v) is 4.52. The van der Waals surface area contributed by atoms with Crippen LogP contribution in [0.1, 0.15) is 49.0 Å². The fourth-order valence-electron chi connectivity index (χ4n) is 2.83. The van der Waals surface area contributed by atoms with Gasteiger partial charge in [0, 0.05) is 23.3 Å². The highest BCUT2D eigenvalue weighted by molar-refractivity contribution is 9.10. The number of hydrogen-bond acceptors (Lipinski definition) is 2. The van der Waals surface area contributed by atoms with E-state index in [2.05, 4.69) is 38.2 Å². The summed E-state index contributed by atoms with van der Waals surface area (Å²) < 4.78 is 0.902. The molecule has 1 aromatic rings. The second-order valence-corrected chi connectivity index (χ2v) is 6.53. The van der Waals surface area contributed by atoms with Crippen LogP contribution in [0.2, 0.25) is 0 Å². The van der Waals surface area contributed by atoms with Crippen LogP contribution in [0.15, 0.2) is 16.7 Å². The Kier molecular flexibility index (Phi) is 6.10. The predicted octanol–water partition coefficient (Wildman–Crippen LogP) is 3.16. The van der Waals surface area contributed by atoms with E-state index in [1.165, 1.54) is 32.1 Å². The maximum Gasteiger partial charge on any atom is 0.267 e. The average molecular weight is 342 g/mol. The molecular weight excluding hydrogens is 318 g/mol. The minimum atomic E-state index is -0.0315. The van der Waals surface area contributed by atoms with Gasteiger partial charge in [0.15, 0.2) is 0 Å². The van der Waals surface area contributed by atoms with Gasteiger partial charge < -0.3 is 15.2 Å². The summed E-state index contributed by atoms with van der Waals surface area (Å²) in [6.45, 7) is 1.78. The Morgan fingerprint density at radius 3 is 2.85 bits per heavy atom. The van der Waals surface area contributed by atoms with Crippen molar-refractivity contribution >= 4 is 21.8 Å². The Labute approximate surface area is 129 Å². The number of aromatic amines is 1. The fraction of sp³-hybridized carbons (Fsp3) is 0.667. The Hall–Kier alpha value is -0.810. The van der Waals surface area contributed by atoms with Crippen LogP contribution in [0.5, 0.6) is 0 Å². The van der Waals surface area contributed by atoms with Crippen LogP contribution >= 0.6 is 15.9 Å². The molecule has 112 valence electrons. The summed E-state index contributed by atoms with van der Waals surface area (Å²) in [6, 6.07) is 2.54. The number of carbonyl (C=O) groups is 1. The smallest absolute Gasteiger partial charge is 0.267 e. The summed E-state index contributed by atoms with van der Waals surface area (Å²) in [4.78, 5) is 17.2. The number of carbonyl (C=O) groups excluding carboxylic acids is 1. The van der Waals surface area contributed by atoms with Gasteiger partial charge in [-0.05, 0) is 54.9 Å². The number of nitrogens with one attached hydrogen (secondary N) is 2. The molecule has 1 fully saturated rings. The van der Waals surface area contributed by atoms with E-state index in [0.717, 1.165) is 30.0 Å². The normalized spacial score (nSPS) is 16.6. The zero-order chi connectivity index (χ0) is 14.4. The van der Waals surface area contributed by atoms with E-state index in [4.69, 9.17) is 0 Å². The van der Waals surface area contributed by atoms with Gasteiger partial charge in [-0.15, -0.1) is 0 Å². The standard InChI is InChI=1S/C15H24BrN3O/c1-19(13-6-3-2-4-7-13)9-5-8-17-15(20)14-10-12(16)11-18-14/h10-11,13,18H,2-9H2,1H3,(H,17,20). The number of amides is 1. The number of halogens is 1. The molecule has 0 atom stereocenters.